The largest absolute Gasteiger partial charge is 0.193 e. The molecule has 1 heteroatoms. The molecule has 2 aliphatic rings. The van der Waals surface area contributed by atoms with E-state index in [0.29, 0.717) is 0 Å². The van der Waals surface area contributed by atoms with Crippen molar-refractivity contribution < 1.29 is 0 Å². The zero-order chi connectivity index (χ0) is 16.3. The van der Waals surface area contributed by atoms with E-state index in [0.717, 1.165) is 30.1 Å². The molecule has 2 rings (SSSR count). The first-order valence-electron chi connectivity index (χ1n) is 10.4. The quantitative estimate of drug-likeness (QED) is 0.441. The fourth-order valence-electron chi connectivity index (χ4n) is 4.97. The van der Waals surface area contributed by atoms with Crippen molar-refractivity contribution in [3.63, 3.8) is 0 Å². The van der Waals surface area contributed by atoms with E-state index in [4.69, 9.17) is 5.26 Å². The maximum atomic E-state index is 8.51. The molecule has 23 heavy (non-hydrogen) atoms. The Morgan fingerprint density at radius 3 is 1.61 bits per heavy atom. The van der Waals surface area contributed by atoms with Gasteiger partial charge in [-0.2, -0.15) is 5.26 Å². The van der Waals surface area contributed by atoms with Crippen LogP contribution < -0.4 is 0 Å². The lowest BCUT2D eigenvalue weighted by Gasteiger charge is -2.32. The minimum atomic E-state index is 0.930. The zero-order valence-electron chi connectivity index (χ0n) is 15.3. The molecule has 0 radical (unpaired) electrons. The Bertz CT molecular complexity index is 362. The molecule has 1 nitrogen and oxygen atoms in total. The number of allylic oxidation sites excluding steroid dienone is 2. The van der Waals surface area contributed by atoms with Crippen LogP contribution in [0.4, 0.5) is 0 Å². The standard InChI is InChI=1S/C22H37N/c1-2-6-19-8-12-21(13-9-19)16-17-22-14-10-20(11-15-22)7-4-3-5-18-23/h3,5,19-22H,2,4,6-17H2,1H3/t19-,20-,21-,22-. The van der Waals surface area contributed by atoms with Gasteiger partial charge in [0.15, 0.2) is 0 Å². The second-order valence-electron chi connectivity index (χ2n) is 8.25. The van der Waals surface area contributed by atoms with Crippen LogP contribution >= 0.6 is 0 Å². The van der Waals surface area contributed by atoms with Gasteiger partial charge >= 0.3 is 0 Å². The summed E-state index contributed by atoms with van der Waals surface area (Å²) >= 11 is 0. The van der Waals surface area contributed by atoms with E-state index in [2.05, 4.69) is 13.0 Å². The van der Waals surface area contributed by atoms with E-state index in [-0.39, 0.29) is 0 Å². The second-order valence-corrected chi connectivity index (χ2v) is 8.25. The zero-order valence-corrected chi connectivity index (χ0v) is 15.3. The minimum Gasteiger partial charge on any atom is -0.193 e. The van der Waals surface area contributed by atoms with Crippen LogP contribution in [0.1, 0.15) is 96.8 Å². The lowest BCUT2D eigenvalue weighted by Crippen LogP contribution is -2.18. The van der Waals surface area contributed by atoms with Crippen molar-refractivity contribution in [2.24, 2.45) is 23.7 Å². The molecule has 2 fully saturated rings. The highest BCUT2D eigenvalue weighted by Gasteiger charge is 2.24. The van der Waals surface area contributed by atoms with Crippen LogP contribution in [0, 0.1) is 35.0 Å². The fourth-order valence-corrected chi connectivity index (χ4v) is 4.97. The molecule has 0 aromatic carbocycles. The Hall–Kier alpha value is -0.770. The molecule has 0 N–H and O–H groups in total. The molecule has 0 unspecified atom stereocenters. The van der Waals surface area contributed by atoms with Crippen LogP contribution in [0.2, 0.25) is 0 Å². The van der Waals surface area contributed by atoms with Crippen LogP contribution in [0.25, 0.3) is 0 Å². The Kier molecular flexibility index (Phi) is 8.80. The summed E-state index contributed by atoms with van der Waals surface area (Å²) in [6.45, 7) is 2.34. The first-order valence-corrected chi connectivity index (χ1v) is 10.4. The van der Waals surface area contributed by atoms with E-state index in [1.807, 2.05) is 6.08 Å². The Balaban J connectivity index is 1.53. The van der Waals surface area contributed by atoms with Gasteiger partial charge in [-0.15, -0.1) is 0 Å². The van der Waals surface area contributed by atoms with Crippen LogP contribution in [-0.2, 0) is 0 Å². The van der Waals surface area contributed by atoms with Crippen LogP contribution in [0.5, 0.6) is 0 Å². The summed E-state index contributed by atoms with van der Waals surface area (Å²) < 4.78 is 0. The highest BCUT2D eigenvalue weighted by atomic mass is 14.3. The van der Waals surface area contributed by atoms with Gasteiger partial charge < -0.3 is 0 Å². The number of rotatable bonds is 8. The fraction of sp³-hybridized carbons (Fsp3) is 0.864. The van der Waals surface area contributed by atoms with Crippen molar-refractivity contribution in [1.82, 2.24) is 0 Å². The smallest absolute Gasteiger partial charge is 0.0908 e. The molecule has 0 amide bonds. The average Bonchev–Trinajstić information content (AvgIpc) is 2.59. The van der Waals surface area contributed by atoms with E-state index >= 15 is 0 Å². The summed E-state index contributed by atoms with van der Waals surface area (Å²) in [5.41, 5.74) is 0. The first kappa shape index (κ1) is 18.6. The molecule has 0 aromatic rings. The van der Waals surface area contributed by atoms with Gasteiger partial charge in [-0.25, -0.2) is 0 Å². The van der Waals surface area contributed by atoms with Crippen LogP contribution in [0.3, 0.4) is 0 Å². The first-order chi connectivity index (χ1) is 11.3. The number of nitrogens with zero attached hydrogens (tertiary/aromatic N) is 1. The molecule has 0 bridgehead atoms. The molecular formula is C22H37N. The van der Waals surface area contributed by atoms with E-state index in [1.165, 1.54) is 83.5 Å². The third-order valence-corrected chi connectivity index (χ3v) is 6.55. The van der Waals surface area contributed by atoms with Crippen molar-refractivity contribution in [3.8, 4) is 6.07 Å². The normalized spacial score (nSPS) is 32.0. The summed E-state index contributed by atoms with van der Waals surface area (Å²) in [6.07, 6.45) is 23.8. The second kappa shape index (κ2) is 10.9. The predicted octanol–water partition coefficient (Wildman–Crippen LogP) is 7.04. The molecule has 0 aromatic heterocycles. The number of hydrogen-bond donors (Lipinski definition) is 0. The molecule has 0 saturated heterocycles. The number of hydrogen-bond acceptors (Lipinski definition) is 1. The van der Waals surface area contributed by atoms with Crippen molar-refractivity contribution >= 4 is 0 Å². The highest BCUT2D eigenvalue weighted by Crippen LogP contribution is 2.38. The molecule has 2 saturated carbocycles. The topological polar surface area (TPSA) is 23.8 Å². The maximum absolute atomic E-state index is 8.51. The van der Waals surface area contributed by atoms with E-state index in [9.17, 15) is 0 Å². The molecule has 0 spiro atoms. The summed E-state index contributed by atoms with van der Waals surface area (Å²) in [6, 6.07) is 2.09. The lowest BCUT2D eigenvalue weighted by molar-refractivity contribution is 0.210. The Labute approximate surface area is 144 Å². The van der Waals surface area contributed by atoms with Gasteiger partial charge in [-0.05, 0) is 36.5 Å². The third kappa shape index (κ3) is 7.11. The van der Waals surface area contributed by atoms with Crippen molar-refractivity contribution in [2.75, 3.05) is 0 Å². The van der Waals surface area contributed by atoms with Gasteiger partial charge in [0, 0.05) is 6.08 Å². The molecule has 0 heterocycles. The third-order valence-electron chi connectivity index (χ3n) is 6.55. The monoisotopic (exact) mass is 315 g/mol. The van der Waals surface area contributed by atoms with Gasteiger partial charge in [0.1, 0.15) is 0 Å². The molecule has 2 aliphatic carbocycles. The molecule has 0 aliphatic heterocycles. The lowest BCUT2D eigenvalue weighted by atomic mass is 9.74. The van der Waals surface area contributed by atoms with Crippen molar-refractivity contribution in [3.05, 3.63) is 12.2 Å². The minimum absolute atomic E-state index is 0.930. The van der Waals surface area contributed by atoms with Gasteiger partial charge in [-0.1, -0.05) is 90.0 Å². The highest BCUT2D eigenvalue weighted by molar-refractivity contribution is 5.01. The van der Waals surface area contributed by atoms with E-state index < -0.39 is 0 Å². The summed E-state index contributed by atoms with van der Waals surface area (Å²) in [5, 5.41) is 8.51. The van der Waals surface area contributed by atoms with Gasteiger partial charge in [0.05, 0.1) is 6.07 Å². The SMILES string of the molecule is CCC[C@H]1CC[C@H](CC[C@H]2CC[C@H](CCC=CC#N)CC2)CC1. The molecule has 0 atom stereocenters. The van der Waals surface area contributed by atoms with Gasteiger partial charge in [0.2, 0.25) is 0 Å². The summed E-state index contributed by atoms with van der Waals surface area (Å²) in [5.74, 6) is 4.06. The van der Waals surface area contributed by atoms with Crippen molar-refractivity contribution in [1.29, 1.82) is 5.26 Å². The maximum Gasteiger partial charge on any atom is 0.0908 e. The molecule has 130 valence electrons. The van der Waals surface area contributed by atoms with Crippen molar-refractivity contribution in [2.45, 2.75) is 96.8 Å². The Morgan fingerprint density at radius 2 is 1.17 bits per heavy atom. The van der Waals surface area contributed by atoms with Crippen LogP contribution in [-0.4, -0.2) is 0 Å². The van der Waals surface area contributed by atoms with Gasteiger partial charge in [-0.3, -0.25) is 0 Å². The summed E-state index contributed by atoms with van der Waals surface area (Å²) in [7, 11) is 0. The van der Waals surface area contributed by atoms with E-state index in [1.54, 1.807) is 6.08 Å². The van der Waals surface area contributed by atoms with Gasteiger partial charge in [0.25, 0.3) is 0 Å². The summed E-state index contributed by atoms with van der Waals surface area (Å²) in [4.78, 5) is 0. The Morgan fingerprint density at radius 1 is 0.739 bits per heavy atom. The average molecular weight is 316 g/mol. The molecular weight excluding hydrogens is 278 g/mol. The van der Waals surface area contributed by atoms with Crippen LogP contribution in [0.15, 0.2) is 12.2 Å². The number of nitriles is 1. The predicted molar refractivity (Wildman–Crippen MR) is 99.0 cm³/mol.